The van der Waals surface area contributed by atoms with Crippen molar-refractivity contribution in [3.8, 4) is 5.75 Å². The molecule has 0 aliphatic rings. The molecular formula is C16H18FNO. The molecule has 1 aromatic carbocycles. The second-order valence-electron chi connectivity index (χ2n) is 4.87. The third-order valence-electron chi connectivity index (χ3n) is 3.37. The van der Waals surface area contributed by atoms with Crippen LogP contribution >= 0.6 is 0 Å². The van der Waals surface area contributed by atoms with Gasteiger partial charge in [0, 0.05) is 12.1 Å². The molecular weight excluding hydrogens is 241 g/mol. The van der Waals surface area contributed by atoms with Crippen molar-refractivity contribution in [1.82, 2.24) is 4.98 Å². The Morgan fingerprint density at radius 3 is 2.58 bits per heavy atom. The topological polar surface area (TPSA) is 33.1 Å². The van der Waals surface area contributed by atoms with Crippen LogP contribution in [-0.2, 0) is 12.1 Å². The summed E-state index contributed by atoms with van der Waals surface area (Å²) >= 11 is 0. The zero-order valence-electron chi connectivity index (χ0n) is 11.2. The molecule has 2 aromatic rings. The molecule has 0 spiro atoms. The first-order chi connectivity index (χ1) is 9.03. The minimum absolute atomic E-state index is 0.244. The Labute approximate surface area is 112 Å². The Bertz CT molecular complexity index is 566. The zero-order chi connectivity index (χ0) is 13.9. The molecule has 1 heterocycles. The number of hydrogen-bond acceptors (Lipinski definition) is 2. The van der Waals surface area contributed by atoms with Gasteiger partial charge in [-0.15, -0.1) is 0 Å². The van der Waals surface area contributed by atoms with Crippen LogP contribution in [-0.4, -0.2) is 10.1 Å². The molecule has 1 atom stereocenters. The van der Waals surface area contributed by atoms with Crippen molar-refractivity contribution < 1.29 is 9.50 Å². The number of rotatable bonds is 4. The van der Waals surface area contributed by atoms with E-state index in [1.54, 1.807) is 32.0 Å². The van der Waals surface area contributed by atoms with E-state index >= 15 is 0 Å². The van der Waals surface area contributed by atoms with Gasteiger partial charge in [-0.25, -0.2) is 4.39 Å². The van der Waals surface area contributed by atoms with Crippen molar-refractivity contribution >= 4 is 0 Å². The highest BCUT2D eigenvalue weighted by molar-refractivity contribution is 5.35. The summed E-state index contributed by atoms with van der Waals surface area (Å²) in [4.78, 5) is 4.37. The molecule has 0 bridgehead atoms. The number of aromatic hydroxyl groups is 1. The maximum absolute atomic E-state index is 14.2. The number of pyridine rings is 1. The summed E-state index contributed by atoms with van der Waals surface area (Å²) in [6.45, 7) is 3.34. The van der Waals surface area contributed by atoms with Crippen LogP contribution in [0.1, 0.15) is 37.2 Å². The van der Waals surface area contributed by atoms with Gasteiger partial charge in [-0.3, -0.25) is 4.98 Å². The SMILES string of the molecule is CCC(C)(F)c1cccc(Cc2ccccc2O)n1. The highest BCUT2D eigenvalue weighted by Crippen LogP contribution is 2.28. The molecule has 100 valence electrons. The standard InChI is InChI=1S/C16H18FNO/c1-3-16(2,17)15-10-6-8-13(18-15)11-12-7-4-5-9-14(12)19/h4-10,19H,3,11H2,1-2H3. The molecule has 0 aliphatic carbocycles. The second-order valence-corrected chi connectivity index (χ2v) is 4.87. The molecule has 1 aromatic heterocycles. The molecule has 19 heavy (non-hydrogen) atoms. The number of halogens is 1. The van der Waals surface area contributed by atoms with Crippen LogP contribution in [0.25, 0.3) is 0 Å². The number of para-hydroxylation sites is 1. The van der Waals surface area contributed by atoms with Gasteiger partial charge in [-0.1, -0.05) is 31.2 Å². The van der Waals surface area contributed by atoms with Gasteiger partial charge in [0.05, 0.1) is 5.69 Å². The molecule has 2 nitrogen and oxygen atoms in total. The summed E-state index contributed by atoms with van der Waals surface area (Å²) in [6.07, 6.45) is 0.889. The maximum Gasteiger partial charge on any atom is 0.149 e. The van der Waals surface area contributed by atoms with E-state index < -0.39 is 5.67 Å². The van der Waals surface area contributed by atoms with Crippen molar-refractivity contribution in [1.29, 1.82) is 0 Å². The van der Waals surface area contributed by atoms with Gasteiger partial charge in [0.2, 0.25) is 0 Å². The van der Waals surface area contributed by atoms with E-state index in [1.165, 1.54) is 0 Å². The monoisotopic (exact) mass is 259 g/mol. The van der Waals surface area contributed by atoms with E-state index in [9.17, 15) is 9.50 Å². The molecule has 2 rings (SSSR count). The maximum atomic E-state index is 14.2. The Morgan fingerprint density at radius 1 is 1.16 bits per heavy atom. The predicted octanol–water partition coefficient (Wildman–Crippen LogP) is 3.97. The highest BCUT2D eigenvalue weighted by atomic mass is 19.1. The smallest absolute Gasteiger partial charge is 0.149 e. The van der Waals surface area contributed by atoms with Crippen molar-refractivity contribution in [2.45, 2.75) is 32.4 Å². The van der Waals surface area contributed by atoms with Crippen molar-refractivity contribution in [2.75, 3.05) is 0 Å². The molecule has 0 fully saturated rings. The lowest BCUT2D eigenvalue weighted by atomic mass is 9.99. The molecule has 1 unspecified atom stereocenters. The molecule has 0 saturated carbocycles. The Balaban J connectivity index is 2.28. The summed E-state index contributed by atoms with van der Waals surface area (Å²) in [7, 11) is 0. The van der Waals surface area contributed by atoms with Crippen molar-refractivity contribution in [2.24, 2.45) is 0 Å². The van der Waals surface area contributed by atoms with Crippen LogP contribution in [0.5, 0.6) is 5.75 Å². The molecule has 0 saturated heterocycles. The Hall–Kier alpha value is -1.90. The highest BCUT2D eigenvalue weighted by Gasteiger charge is 2.25. The molecule has 3 heteroatoms. The molecule has 0 radical (unpaired) electrons. The molecule has 0 amide bonds. The average molecular weight is 259 g/mol. The first-order valence-corrected chi connectivity index (χ1v) is 6.45. The van der Waals surface area contributed by atoms with Gasteiger partial charge in [-0.05, 0) is 37.1 Å². The number of nitrogens with zero attached hydrogens (tertiary/aromatic N) is 1. The number of aromatic nitrogens is 1. The quantitative estimate of drug-likeness (QED) is 0.901. The Morgan fingerprint density at radius 2 is 1.89 bits per heavy atom. The second kappa shape index (κ2) is 5.39. The third-order valence-corrected chi connectivity index (χ3v) is 3.37. The number of hydrogen-bond donors (Lipinski definition) is 1. The minimum Gasteiger partial charge on any atom is -0.508 e. The van der Waals surface area contributed by atoms with Gasteiger partial charge in [-0.2, -0.15) is 0 Å². The van der Waals surface area contributed by atoms with Crippen LogP contribution in [0.3, 0.4) is 0 Å². The first kappa shape index (κ1) is 13.5. The number of alkyl halides is 1. The van der Waals surface area contributed by atoms with Crippen LogP contribution in [0, 0.1) is 0 Å². The summed E-state index contributed by atoms with van der Waals surface area (Å²) < 4.78 is 14.2. The number of phenolic OH excluding ortho intramolecular Hbond substituents is 1. The minimum atomic E-state index is -1.41. The van der Waals surface area contributed by atoms with E-state index in [-0.39, 0.29) is 5.75 Å². The van der Waals surface area contributed by atoms with Gasteiger partial charge in [0.15, 0.2) is 0 Å². The van der Waals surface area contributed by atoms with Crippen molar-refractivity contribution in [3.63, 3.8) is 0 Å². The van der Waals surface area contributed by atoms with Crippen LogP contribution in [0.15, 0.2) is 42.5 Å². The fourth-order valence-electron chi connectivity index (χ4n) is 1.90. The molecule has 1 N–H and O–H groups in total. The zero-order valence-corrected chi connectivity index (χ0v) is 11.2. The lowest BCUT2D eigenvalue weighted by Gasteiger charge is -2.18. The molecule has 0 aliphatic heterocycles. The van der Waals surface area contributed by atoms with E-state index in [2.05, 4.69) is 4.98 Å². The third kappa shape index (κ3) is 3.11. The van der Waals surface area contributed by atoms with Gasteiger partial charge in [0.1, 0.15) is 11.4 Å². The van der Waals surface area contributed by atoms with E-state index in [1.807, 2.05) is 24.3 Å². The fraction of sp³-hybridized carbons (Fsp3) is 0.312. The van der Waals surface area contributed by atoms with E-state index in [4.69, 9.17) is 0 Å². The van der Waals surface area contributed by atoms with E-state index in [0.717, 1.165) is 11.3 Å². The summed E-state index contributed by atoms with van der Waals surface area (Å²) in [5.74, 6) is 0.244. The average Bonchev–Trinajstić information content (AvgIpc) is 2.42. The van der Waals surface area contributed by atoms with Gasteiger partial charge < -0.3 is 5.11 Å². The van der Waals surface area contributed by atoms with E-state index in [0.29, 0.717) is 18.5 Å². The normalized spacial score (nSPS) is 14.1. The van der Waals surface area contributed by atoms with Crippen molar-refractivity contribution in [3.05, 3.63) is 59.4 Å². The lowest BCUT2D eigenvalue weighted by Crippen LogP contribution is -2.16. The van der Waals surface area contributed by atoms with Crippen LogP contribution in [0.4, 0.5) is 4.39 Å². The summed E-state index contributed by atoms with van der Waals surface area (Å²) in [6, 6.07) is 12.5. The largest absolute Gasteiger partial charge is 0.508 e. The Kier molecular flexibility index (Phi) is 3.84. The summed E-state index contributed by atoms with van der Waals surface area (Å²) in [5.41, 5.74) is 0.595. The van der Waals surface area contributed by atoms with Crippen LogP contribution < -0.4 is 0 Å². The lowest BCUT2D eigenvalue weighted by molar-refractivity contribution is 0.178. The summed E-state index contributed by atoms with van der Waals surface area (Å²) in [5, 5.41) is 9.75. The van der Waals surface area contributed by atoms with Crippen LogP contribution in [0.2, 0.25) is 0 Å². The number of benzene rings is 1. The fourth-order valence-corrected chi connectivity index (χ4v) is 1.90. The number of phenols is 1. The van der Waals surface area contributed by atoms with Gasteiger partial charge in [0.25, 0.3) is 0 Å². The van der Waals surface area contributed by atoms with Gasteiger partial charge >= 0.3 is 0 Å². The first-order valence-electron chi connectivity index (χ1n) is 6.45. The predicted molar refractivity (Wildman–Crippen MR) is 73.9 cm³/mol.